The Labute approximate surface area is 148 Å². The molecule has 0 aliphatic carbocycles. The Morgan fingerprint density at radius 1 is 1.04 bits per heavy atom. The third-order valence-electron chi connectivity index (χ3n) is 3.81. The number of nitrogens with zero attached hydrogens (tertiary/aromatic N) is 1. The molecule has 0 radical (unpaired) electrons. The third-order valence-corrected chi connectivity index (χ3v) is 4.59. The van der Waals surface area contributed by atoms with E-state index in [0.29, 0.717) is 11.3 Å². The normalized spacial score (nSPS) is 10.6. The van der Waals surface area contributed by atoms with Crippen LogP contribution in [0.5, 0.6) is 0 Å². The highest BCUT2D eigenvalue weighted by molar-refractivity contribution is 7.98. The zero-order valence-corrected chi connectivity index (χ0v) is 14.2. The van der Waals surface area contributed by atoms with Crippen LogP contribution in [-0.2, 0) is 0 Å². The number of anilines is 1. The van der Waals surface area contributed by atoms with E-state index in [1.807, 2.05) is 18.4 Å². The quantitative estimate of drug-likeness (QED) is 0.575. The first-order valence-corrected chi connectivity index (χ1v) is 8.70. The third kappa shape index (κ3) is 3.21. The summed E-state index contributed by atoms with van der Waals surface area (Å²) in [5.74, 6) is -0.736. The van der Waals surface area contributed by atoms with Crippen molar-refractivity contribution in [2.45, 2.75) is 4.90 Å². The molecule has 1 heterocycles. The number of rotatable bonds is 4. The van der Waals surface area contributed by atoms with Crippen molar-refractivity contribution >= 4 is 23.4 Å². The van der Waals surface area contributed by atoms with E-state index in [9.17, 15) is 14.0 Å². The van der Waals surface area contributed by atoms with Crippen LogP contribution in [0.1, 0.15) is 15.9 Å². The van der Waals surface area contributed by atoms with Gasteiger partial charge < -0.3 is 5.73 Å². The van der Waals surface area contributed by atoms with Crippen molar-refractivity contribution in [2.24, 2.45) is 0 Å². The van der Waals surface area contributed by atoms with Gasteiger partial charge in [-0.15, -0.1) is 11.8 Å². The molecule has 0 amide bonds. The number of benzene rings is 2. The van der Waals surface area contributed by atoms with Crippen LogP contribution in [0.4, 0.5) is 10.2 Å². The second-order valence-electron chi connectivity index (χ2n) is 5.31. The molecule has 0 unspecified atom stereocenters. The number of nitrogen functional groups attached to an aromatic ring is 1. The summed E-state index contributed by atoms with van der Waals surface area (Å²) < 4.78 is 14.4. The van der Waals surface area contributed by atoms with Crippen LogP contribution in [0.25, 0.3) is 5.69 Å². The summed E-state index contributed by atoms with van der Waals surface area (Å²) in [4.78, 5) is 25.9. The number of thioether (sulfide) groups is 1. The van der Waals surface area contributed by atoms with Gasteiger partial charge in [0.25, 0.3) is 5.56 Å². The number of carbonyl (C=O) groups excluding carboxylic acids is 1. The fourth-order valence-electron chi connectivity index (χ4n) is 2.57. The minimum Gasteiger partial charge on any atom is -0.384 e. The Hall–Kier alpha value is -2.86. The van der Waals surface area contributed by atoms with Crippen LogP contribution in [0.2, 0.25) is 0 Å². The van der Waals surface area contributed by atoms with Crippen LogP contribution in [0, 0.1) is 5.82 Å². The van der Waals surface area contributed by atoms with E-state index in [0.717, 1.165) is 4.90 Å². The van der Waals surface area contributed by atoms with E-state index in [4.69, 9.17) is 5.73 Å². The topological polar surface area (TPSA) is 65.1 Å². The number of aromatic nitrogens is 1. The summed E-state index contributed by atoms with van der Waals surface area (Å²) in [5.41, 5.74) is 6.96. The Morgan fingerprint density at radius 3 is 2.40 bits per heavy atom. The monoisotopic (exact) mass is 354 g/mol. The van der Waals surface area contributed by atoms with Gasteiger partial charge in [0, 0.05) is 16.5 Å². The highest BCUT2D eigenvalue weighted by Gasteiger charge is 2.18. The van der Waals surface area contributed by atoms with Gasteiger partial charge in [0.1, 0.15) is 11.6 Å². The number of carbonyl (C=O) groups is 1. The molecular weight excluding hydrogens is 339 g/mol. The second kappa shape index (κ2) is 6.94. The maximum atomic E-state index is 13.1. The van der Waals surface area contributed by atoms with Gasteiger partial charge in [-0.25, -0.2) is 4.39 Å². The smallest absolute Gasteiger partial charge is 0.256 e. The molecule has 6 heteroatoms. The number of halogens is 1. The molecule has 2 N–H and O–H groups in total. The average Bonchev–Trinajstić information content (AvgIpc) is 2.62. The summed E-state index contributed by atoms with van der Waals surface area (Å²) in [6.07, 6.45) is 1.90. The molecule has 0 spiro atoms. The molecule has 3 rings (SSSR count). The van der Waals surface area contributed by atoms with E-state index in [2.05, 4.69) is 0 Å². The van der Waals surface area contributed by atoms with Gasteiger partial charge >= 0.3 is 0 Å². The molecule has 0 bridgehead atoms. The van der Waals surface area contributed by atoms with Gasteiger partial charge in [0.2, 0.25) is 0 Å². The minimum atomic E-state index is -0.427. The molecule has 0 saturated heterocycles. The summed E-state index contributed by atoms with van der Waals surface area (Å²) >= 11 is 1.48. The van der Waals surface area contributed by atoms with Crippen molar-refractivity contribution in [3.63, 3.8) is 0 Å². The molecule has 0 fully saturated rings. The fourth-order valence-corrected chi connectivity index (χ4v) is 3.15. The Kier molecular flexibility index (Phi) is 4.72. The van der Waals surface area contributed by atoms with Crippen molar-refractivity contribution in [1.82, 2.24) is 4.57 Å². The Bertz CT molecular complexity index is 997. The molecule has 0 saturated carbocycles. The fraction of sp³-hybridized carbons (Fsp3) is 0.0526. The second-order valence-corrected chi connectivity index (χ2v) is 6.16. The first kappa shape index (κ1) is 17.0. The highest BCUT2D eigenvalue weighted by Crippen LogP contribution is 2.26. The lowest BCUT2D eigenvalue weighted by molar-refractivity contribution is 0.103. The lowest BCUT2D eigenvalue weighted by Crippen LogP contribution is -2.24. The number of pyridine rings is 1. The van der Waals surface area contributed by atoms with Gasteiger partial charge in [-0.05, 0) is 48.7 Å². The lowest BCUT2D eigenvalue weighted by Gasteiger charge is -2.15. The summed E-state index contributed by atoms with van der Waals surface area (Å²) in [5, 5.41) is 0. The first-order valence-electron chi connectivity index (χ1n) is 7.48. The van der Waals surface area contributed by atoms with E-state index < -0.39 is 5.82 Å². The number of hydrogen-bond donors (Lipinski definition) is 1. The predicted molar refractivity (Wildman–Crippen MR) is 98.1 cm³/mol. The molecule has 1 aromatic heterocycles. The number of ketones is 1. The van der Waals surface area contributed by atoms with Gasteiger partial charge in [-0.1, -0.05) is 12.1 Å². The average molecular weight is 354 g/mol. The van der Waals surface area contributed by atoms with Crippen LogP contribution in [0.15, 0.2) is 70.4 Å². The standard InChI is InChI=1S/C19H15FN2O2S/c1-25-16-5-3-2-4-15(16)22-17(23)11-10-14(19(22)21)18(24)12-6-8-13(20)9-7-12/h2-11H,21H2,1H3. The molecule has 2 aromatic carbocycles. The molecular formula is C19H15FN2O2S. The van der Waals surface area contributed by atoms with Gasteiger partial charge in [0.15, 0.2) is 5.78 Å². The van der Waals surface area contributed by atoms with Crippen LogP contribution >= 0.6 is 11.8 Å². The van der Waals surface area contributed by atoms with Crippen LogP contribution in [0.3, 0.4) is 0 Å². The number of para-hydroxylation sites is 1. The van der Waals surface area contributed by atoms with E-state index >= 15 is 0 Å². The lowest BCUT2D eigenvalue weighted by atomic mass is 10.0. The largest absolute Gasteiger partial charge is 0.384 e. The van der Waals surface area contributed by atoms with Crippen molar-refractivity contribution in [3.8, 4) is 5.69 Å². The number of hydrogen-bond acceptors (Lipinski definition) is 4. The van der Waals surface area contributed by atoms with Gasteiger partial charge in [-0.3, -0.25) is 14.2 Å². The SMILES string of the molecule is CSc1ccccc1-n1c(N)c(C(=O)c2ccc(F)cc2)ccc1=O. The summed E-state index contributed by atoms with van der Waals surface area (Å²) in [6, 6.07) is 15.2. The van der Waals surface area contributed by atoms with Crippen molar-refractivity contribution < 1.29 is 9.18 Å². The van der Waals surface area contributed by atoms with Gasteiger partial charge in [0.05, 0.1) is 11.3 Å². The molecule has 0 aliphatic rings. The van der Waals surface area contributed by atoms with E-state index in [1.165, 1.54) is 52.7 Å². The van der Waals surface area contributed by atoms with Crippen LogP contribution < -0.4 is 11.3 Å². The molecule has 4 nitrogen and oxygen atoms in total. The number of nitrogens with two attached hydrogens (primary N) is 1. The highest BCUT2D eigenvalue weighted by atomic mass is 32.2. The van der Waals surface area contributed by atoms with E-state index in [1.54, 1.807) is 12.1 Å². The van der Waals surface area contributed by atoms with Crippen molar-refractivity contribution in [1.29, 1.82) is 0 Å². The Balaban J connectivity index is 2.17. The summed E-state index contributed by atoms with van der Waals surface area (Å²) in [6.45, 7) is 0. The van der Waals surface area contributed by atoms with E-state index in [-0.39, 0.29) is 22.7 Å². The first-order chi connectivity index (χ1) is 12.0. The maximum absolute atomic E-state index is 13.1. The van der Waals surface area contributed by atoms with Crippen molar-refractivity contribution in [3.05, 3.63) is 88.0 Å². The zero-order chi connectivity index (χ0) is 18.0. The predicted octanol–water partition coefficient (Wildman–Crippen LogP) is 3.51. The maximum Gasteiger partial charge on any atom is 0.256 e. The van der Waals surface area contributed by atoms with Crippen LogP contribution in [-0.4, -0.2) is 16.6 Å². The molecule has 25 heavy (non-hydrogen) atoms. The molecule has 126 valence electrons. The van der Waals surface area contributed by atoms with Gasteiger partial charge in [-0.2, -0.15) is 0 Å². The Morgan fingerprint density at radius 2 is 1.72 bits per heavy atom. The summed E-state index contributed by atoms with van der Waals surface area (Å²) in [7, 11) is 0. The zero-order valence-electron chi connectivity index (χ0n) is 13.4. The molecule has 0 atom stereocenters. The minimum absolute atomic E-state index is 0.0586. The molecule has 3 aromatic rings. The van der Waals surface area contributed by atoms with Crippen molar-refractivity contribution in [2.75, 3.05) is 12.0 Å². The molecule has 0 aliphatic heterocycles.